The number of hydrogen-bond acceptors (Lipinski definition) is 6. The number of nitrogens with zero attached hydrogens (tertiary/aromatic N) is 1. The van der Waals surface area contributed by atoms with E-state index in [4.69, 9.17) is 14.2 Å². The summed E-state index contributed by atoms with van der Waals surface area (Å²) in [6, 6.07) is 8.92. The molecule has 27 heavy (non-hydrogen) atoms. The van der Waals surface area contributed by atoms with Gasteiger partial charge in [0, 0.05) is 17.1 Å². The Morgan fingerprint density at radius 1 is 1.19 bits per heavy atom. The van der Waals surface area contributed by atoms with Crippen molar-refractivity contribution in [2.45, 2.75) is 13.5 Å². The second kappa shape index (κ2) is 7.32. The van der Waals surface area contributed by atoms with Crippen molar-refractivity contribution in [2.24, 2.45) is 0 Å². The van der Waals surface area contributed by atoms with Gasteiger partial charge in [-0.05, 0) is 36.6 Å². The third kappa shape index (κ3) is 3.48. The molecule has 0 aliphatic carbocycles. The number of benzene rings is 1. The van der Waals surface area contributed by atoms with Gasteiger partial charge in [-0.15, -0.1) is 11.3 Å². The van der Waals surface area contributed by atoms with Crippen molar-refractivity contribution in [3.63, 3.8) is 0 Å². The van der Waals surface area contributed by atoms with E-state index in [2.05, 4.69) is 5.32 Å². The molecular weight excluding hydrogens is 368 g/mol. The number of carbonyl (C=O) groups is 2. The normalized spacial score (nSPS) is 12.8. The molecule has 3 heterocycles. The average Bonchev–Trinajstić information content (AvgIpc) is 3.24. The Morgan fingerprint density at radius 3 is 2.81 bits per heavy atom. The van der Waals surface area contributed by atoms with Crippen molar-refractivity contribution in [2.75, 3.05) is 25.1 Å². The summed E-state index contributed by atoms with van der Waals surface area (Å²) in [4.78, 5) is 25.7. The van der Waals surface area contributed by atoms with Crippen molar-refractivity contribution in [3.8, 4) is 11.5 Å². The Bertz CT molecular complexity index is 1010. The molecule has 0 radical (unpaired) electrons. The van der Waals surface area contributed by atoms with E-state index in [0.29, 0.717) is 36.1 Å². The van der Waals surface area contributed by atoms with Gasteiger partial charge in [0.1, 0.15) is 30.3 Å². The van der Waals surface area contributed by atoms with Gasteiger partial charge >= 0.3 is 5.97 Å². The highest BCUT2D eigenvalue weighted by atomic mass is 32.1. The van der Waals surface area contributed by atoms with Crippen LogP contribution in [0.3, 0.4) is 0 Å². The molecule has 1 aliphatic rings. The first kappa shape index (κ1) is 17.4. The fourth-order valence-corrected chi connectivity index (χ4v) is 3.87. The lowest BCUT2D eigenvalue weighted by Gasteiger charge is -2.19. The fraction of sp³-hybridized carbons (Fsp3) is 0.263. The van der Waals surface area contributed by atoms with E-state index >= 15 is 0 Å². The minimum absolute atomic E-state index is 0.00655. The summed E-state index contributed by atoms with van der Waals surface area (Å²) in [5.41, 5.74) is 0.979. The summed E-state index contributed by atoms with van der Waals surface area (Å²) >= 11 is 1.48. The Hall–Kier alpha value is -3.00. The number of nitrogens with one attached hydrogen (secondary N) is 1. The molecule has 1 amide bonds. The maximum atomic E-state index is 12.6. The summed E-state index contributed by atoms with van der Waals surface area (Å²) in [6.45, 7) is 3.03. The van der Waals surface area contributed by atoms with Crippen molar-refractivity contribution in [1.29, 1.82) is 0 Å². The highest BCUT2D eigenvalue weighted by molar-refractivity contribution is 7.16. The minimum atomic E-state index is -0.437. The van der Waals surface area contributed by atoms with Crippen LogP contribution in [0.5, 0.6) is 11.5 Å². The van der Waals surface area contributed by atoms with Crippen LogP contribution in [0, 0.1) is 0 Å². The molecular formula is C19H18N2O5S. The number of amides is 1. The van der Waals surface area contributed by atoms with Gasteiger partial charge in [-0.2, -0.15) is 0 Å². The number of esters is 1. The quantitative estimate of drug-likeness (QED) is 0.681. The summed E-state index contributed by atoms with van der Waals surface area (Å²) in [6.07, 6.45) is 0. The summed E-state index contributed by atoms with van der Waals surface area (Å²) < 4.78 is 17.8. The van der Waals surface area contributed by atoms with Crippen LogP contribution in [0.4, 0.5) is 5.69 Å². The van der Waals surface area contributed by atoms with Crippen LogP contribution in [0.1, 0.15) is 17.4 Å². The summed E-state index contributed by atoms with van der Waals surface area (Å²) in [7, 11) is 0. The third-order valence-corrected chi connectivity index (χ3v) is 5.07. The van der Waals surface area contributed by atoms with E-state index in [0.717, 1.165) is 10.2 Å². The second-order valence-corrected chi connectivity index (χ2v) is 6.82. The molecule has 140 valence electrons. The molecule has 8 heteroatoms. The van der Waals surface area contributed by atoms with Crippen LogP contribution in [-0.2, 0) is 16.1 Å². The van der Waals surface area contributed by atoms with E-state index in [1.165, 1.54) is 11.3 Å². The monoisotopic (exact) mass is 386 g/mol. The van der Waals surface area contributed by atoms with Crippen molar-refractivity contribution in [1.82, 2.24) is 4.57 Å². The Morgan fingerprint density at radius 2 is 2.00 bits per heavy atom. The molecule has 3 aromatic rings. The fourth-order valence-electron chi connectivity index (χ4n) is 2.97. The van der Waals surface area contributed by atoms with Gasteiger partial charge in [-0.3, -0.25) is 4.79 Å². The molecule has 1 aromatic carbocycles. The molecule has 0 unspecified atom stereocenters. The first-order valence-electron chi connectivity index (χ1n) is 8.59. The van der Waals surface area contributed by atoms with Gasteiger partial charge in [0.25, 0.3) is 0 Å². The van der Waals surface area contributed by atoms with E-state index in [1.807, 2.05) is 11.4 Å². The van der Waals surface area contributed by atoms with Gasteiger partial charge in [0.05, 0.1) is 6.61 Å². The molecule has 0 atom stereocenters. The second-order valence-electron chi connectivity index (χ2n) is 5.92. The third-order valence-electron chi connectivity index (χ3n) is 4.11. The van der Waals surface area contributed by atoms with Gasteiger partial charge in [0.2, 0.25) is 5.91 Å². The van der Waals surface area contributed by atoms with Crippen molar-refractivity contribution in [3.05, 3.63) is 41.4 Å². The van der Waals surface area contributed by atoms with Crippen LogP contribution in [0.25, 0.3) is 10.2 Å². The largest absolute Gasteiger partial charge is 0.486 e. The predicted octanol–water partition coefficient (Wildman–Crippen LogP) is 3.29. The summed E-state index contributed by atoms with van der Waals surface area (Å²) in [5.74, 6) is 0.582. The Balaban J connectivity index is 1.55. The molecule has 7 nitrogen and oxygen atoms in total. The maximum absolute atomic E-state index is 12.6. The standard InChI is InChI=1S/C19H18N2O5S/c1-2-24-19(23)14-9-12-5-8-27-18(12)21(14)11-17(22)20-13-3-4-15-16(10-13)26-7-6-25-15/h3-5,8-10H,2,6-7,11H2,1H3,(H,20,22). The van der Waals surface area contributed by atoms with Gasteiger partial charge in [-0.1, -0.05) is 0 Å². The average molecular weight is 386 g/mol. The van der Waals surface area contributed by atoms with Gasteiger partial charge in [-0.25, -0.2) is 4.79 Å². The molecule has 1 aliphatic heterocycles. The highest BCUT2D eigenvalue weighted by Gasteiger charge is 2.20. The number of rotatable bonds is 5. The van der Waals surface area contributed by atoms with Crippen LogP contribution in [0.15, 0.2) is 35.7 Å². The zero-order valence-corrected chi connectivity index (χ0v) is 15.5. The Kier molecular flexibility index (Phi) is 4.72. The van der Waals surface area contributed by atoms with Crippen LogP contribution >= 0.6 is 11.3 Å². The Labute approximate surface area is 159 Å². The predicted molar refractivity (Wildman–Crippen MR) is 102 cm³/mol. The van der Waals surface area contributed by atoms with E-state index in [1.54, 1.807) is 35.8 Å². The van der Waals surface area contributed by atoms with Crippen LogP contribution in [-0.4, -0.2) is 36.3 Å². The first-order valence-corrected chi connectivity index (χ1v) is 9.47. The first-order chi connectivity index (χ1) is 13.2. The molecule has 0 fully saturated rings. The van der Waals surface area contributed by atoms with Gasteiger partial charge < -0.3 is 24.1 Å². The van der Waals surface area contributed by atoms with Crippen molar-refractivity contribution >= 4 is 39.1 Å². The highest BCUT2D eigenvalue weighted by Crippen LogP contribution is 2.32. The number of fused-ring (bicyclic) bond motifs is 2. The van der Waals surface area contributed by atoms with Crippen LogP contribution < -0.4 is 14.8 Å². The molecule has 0 saturated carbocycles. The topological polar surface area (TPSA) is 78.8 Å². The van der Waals surface area contributed by atoms with E-state index in [-0.39, 0.29) is 19.1 Å². The molecule has 0 saturated heterocycles. The van der Waals surface area contributed by atoms with E-state index < -0.39 is 5.97 Å². The zero-order chi connectivity index (χ0) is 18.8. The number of carbonyl (C=O) groups excluding carboxylic acids is 2. The molecule has 0 bridgehead atoms. The number of ether oxygens (including phenoxy) is 3. The smallest absolute Gasteiger partial charge is 0.355 e. The lowest BCUT2D eigenvalue weighted by atomic mass is 10.2. The molecule has 2 aromatic heterocycles. The molecule has 0 spiro atoms. The lowest BCUT2D eigenvalue weighted by molar-refractivity contribution is -0.116. The molecule has 4 rings (SSSR count). The maximum Gasteiger partial charge on any atom is 0.355 e. The minimum Gasteiger partial charge on any atom is -0.486 e. The number of anilines is 1. The van der Waals surface area contributed by atoms with Gasteiger partial charge in [0.15, 0.2) is 11.5 Å². The zero-order valence-electron chi connectivity index (χ0n) is 14.7. The number of thiophene rings is 1. The number of aromatic nitrogens is 1. The lowest BCUT2D eigenvalue weighted by Crippen LogP contribution is -2.22. The summed E-state index contributed by atoms with van der Waals surface area (Å²) in [5, 5.41) is 5.68. The number of hydrogen-bond donors (Lipinski definition) is 1. The molecule has 1 N–H and O–H groups in total. The SMILES string of the molecule is CCOC(=O)c1cc2ccsc2n1CC(=O)Nc1ccc2c(c1)OCCO2. The van der Waals surface area contributed by atoms with Crippen LogP contribution in [0.2, 0.25) is 0 Å². The van der Waals surface area contributed by atoms with Crippen molar-refractivity contribution < 1.29 is 23.8 Å². The van der Waals surface area contributed by atoms with E-state index in [9.17, 15) is 9.59 Å².